The van der Waals surface area contributed by atoms with Crippen molar-refractivity contribution in [3.8, 4) is 0 Å². The van der Waals surface area contributed by atoms with Gasteiger partial charge in [0.1, 0.15) is 0 Å². The Morgan fingerprint density at radius 1 is 0.513 bits per heavy atom. The van der Waals surface area contributed by atoms with E-state index in [1.165, 1.54) is 64.2 Å². The van der Waals surface area contributed by atoms with E-state index in [2.05, 4.69) is 13.8 Å². The van der Waals surface area contributed by atoms with E-state index in [1.54, 1.807) is 0 Å². The molecule has 0 amide bonds. The Morgan fingerprint density at radius 2 is 0.795 bits per heavy atom. The first-order valence-electron chi connectivity index (χ1n) is 15.0. The first-order valence-corrected chi connectivity index (χ1v) is 15.0. The number of aliphatic carboxylic acids is 2. The van der Waals surface area contributed by atoms with Gasteiger partial charge in [-0.3, -0.25) is 0 Å². The van der Waals surface area contributed by atoms with Crippen LogP contribution in [0.5, 0.6) is 0 Å². The van der Waals surface area contributed by atoms with Gasteiger partial charge in [-0.05, 0) is 24.0 Å². The summed E-state index contributed by atoms with van der Waals surface area (Å²) in [4.78, 5) is 22.4. The van der Waals surface area contributed by atoms with Gasteiger partial charge in [-0.15, -0.1) is 0 Å². The van der Waals surface area contributed by atoms with Crippen LogP contribution in [0.15, 0.2) is 60.7 Å². The molecule has 0 aliphatic carbocycles. The van der Waals surface area contributed by atoms with Gasteiger partial charge in [-0.2, -0.15) is 0 Å². The van der Waals surface area contributed by atoms with E-state index in [9.17, 15) is 19.8 Å². The second-order valence-corrected chi connectivity index (χ2v) is 10.4. The van der Waals surface area contributed by atoms with Crippen LogP contribution >= 0.6 is 0 Å². The summed E-state index contributed by atoms with van der Waals surface area (Å²) in [6.07, 6.45) is 18.3. The van der Waals surface area contributed by atoms with Gasteiger partial charge in [0.2, 0.25) is 0 Å². The van der Waals surface area contributed by atoms with Gasteiger partial charge in [-0.25, -0.2) is 0 Å². The van der Waals surface area contributed by atoms with Crippen LogP contribution in [0.4, 0.5) is 0 Å². The maximum absolute atomic E-state index is 11.2. The molecular weight excluding hydrogens is 538 g/mol. The van der Waals surface area contributed by atoms with Gasteiger partial charge in [0.15, 0.2) is 0 Å². The number of rotatable bonds is 20. The minimum absolute atomic E-state index is 0. The van der Waals surface area contributed by atoms with E-state index in [0.717, 1.165) is 36.8 Å². The van der Waals surface area contributed by atoms with Crippen LogP contribution < -0.4 is 10.2 Å². The summed E-state index contributed by atoms with van der Waals surface area (Å²) in [5, 5.41) is 22.4. The molecular formula is C34H50O4Zn. The summed E-state index contributed by atoms with van der Waals surface area (Å²) < 4.78 is 0. The van der Waals surface area contributed by atoms with Crippen molar-refractivity contribution in [2.75, 3.05) is 0 Å². The molecule has 0 fully saturated rings. The smallest absolute Gasteiger partial charge is 0.549 e. The first kappa shape index (κ1) is 37.0. The second-order valence-electron chi connectivity index (χ2n) is 10.4. The van der Waals surface area contributed by atoms with Crippen LogP contribution in [0.1, 0.15) is 140 Å². The number of unbranched alkanes of at least 4 members (excludes halogenated alkanes) is 12. The van der Waals surface area contributed by atoms with Crippen molar-refractivity contribution in [1.82, 2.24) is 0 Å². The Labute approximate surface area is 250 Å². The van der Waals surface area contributed by atoms with Gasteiger partial charge in [0.05, 0.1) is 0 Å². The molecule has 0 radical (unpaired) electrons. The molecule has 0 bridgehead atoms. The Hall–Kier alpha value is -2.00. The van der Waals surface area contributed by atoms with E-state index in [-0.39, 0.29) is 19.5 Å². The number of hydrogen-bond donors (Lipinski definition) is 0. The molecule has 2 rings (SSSR count). The van der Waals surface area contributed by atoms with Crippen molar-refractivity contribution in [3.63, 3.8) is 0 Å². The van der Waals surface area contributed by atoms with Gasteiger partial charge >= 0.3 is 19.5 Å². The molecule has 2 atom stereocenters. The Bertz CT molecular complexity index is 769. The van der Waals surface area contributed by atoms with Crippen LogP contribution in [-0.4, -0.2) is 11.9 Å². The zero-order chi connectivity index (χ0) is 27.8. The van der Waals surface area contributed by atoms with Gasteiger partial charge in [-0.1, -0.05) is 164 Å². The molecule has 0 saturated carbocycles. The van der Waals surface area contributed by atoms with Crippen LogP contribution in [0.3, 0.4) is 0 Å². The Kier molecular flexibility index (Phi) is 23.7. The maximum atomic E-state index is 11.2. The largest absolute Gasteiger partial charge is 2.00 e. The van der Waals surface area contributed by atoms with Crippen LogP contribution in [0.25, 0.3) is 0 Å². The van der Waals surface area contributed by atoms with E-state index >= 15 is 0 Å². The van der Waals surface area contributed by atoms with Gasteiger partial charge in [0.25, 0.3) is 0 Å². The van der Waals surface area contributed by atoms with Crippen LogP contribution in [0, 0.1) is 0 Å². The molecule has 0 aromatic heterocycles. The first-order chi connectivity index (χ1) is 18.5. The number of carbonyl (C=O) groups excluding carboxylic acids is 2. The van der Waals surface area contributed by atoms with E-state index in [0.29, 0.717) is 12.8 Å². The standard InChI is InChI=1S/2C17H26O2.Zn/c2*1-2-3-4-5-6-7-11-14-16(17(18)19)15-12-9-8-10-13-15;/h2*8-10,12-13,16H,2-7,11,14H2,1H3,(H,18,19);/q;;+2/p-2. The Morgan fingerprint density at radius 3 is 1.08 bits per heavy atom. The number of carboxylic acids is 2. The van der Waals surface area contributed by atoms with Gasteiger partial charge < -0.3 is 19.8 Å². The molecule has 5 heteroatoms. The summed E-state index contributed by atoms with van der Waals surface area (Å²) in [5.41, 5.74) is 1.74. The van der Waals surface area contributed by atoms with Crippen molar-refractivity contribution in [2.24, 2.45) is 0 Å². The van der Waals surface area contributed by atoms with E-state index < -0.39 is 23.8 Å². The quantitative estimate of drug-likeness (QED) is 0.120. The monoisotopic (exact) mass is 586 g/mol. The third-order valence-electron chi connectivity index (χ3n) is 7.17. The summed E-state index contributed by atoms with van der Waals surface area (Å²) >= 11 is 0. The van der Waals surface area contributed by atoms with Crippen LogP contribution in [0.2, 0.25) is 0 Å². The number of benzene rings is 2. The minimum Gasteiger partial charge on any atom is -0.549 e. The van der Waals surface area contributed by atoms with E-state index in [1.807, 2.05) is 60.7 Å². The second kappa shape index (κ2) is 25.0. The van der Waals surface area contributed by atoms with Crippen molar-refractivity contribution in [1.29, 1.82) is 0 Å². The molecule has 0 aliphatic heterocycles. The number of hydrogen-bond acceptors (Lipinski definition) is 4. The number of carbonyl (C=O) groups is 2. The van der Waals surface area contributed by atoms with E-state index in [4.69, 9.17) is 0 Å². The third kappa shape index (κ3) is 18.1. The summed E-state index contributed by atoms with van der Waals surface area (Å²) in [5.74, 6) is -2.79. The topological polar surface area (TPSA) is 80.3 Å². The predicted molar refractivity (Wildman–Crippen MR) is 154 cm³/mol. The normalized spacial score (nSPS) is 11.9. The SMILES string of the molecule is CCCCCCCCCC(C(=O)[O-])c1ccccc1.CCCCCCCCCC(C(=O)[O-])c1ccccc1.[Zn+2]. The maximum Gasteiger partial charge on any atom is 2.00 e. The Balaban J connectivity index is 0.000000722. The predicted octanol–water partition coefficient (Wildman–Crippen LogP) is 7.32. The average Bonchev–Trinajstić information content (AvgIpc) is 2.93. The average molecular weight is 588 g/mol. The molecule has 0 spiro atoms. The van der Waals surface area contributed by atoms with Gasteiger partial charge in [0, 0.05) is 23.8 Å². The van der Waals surface area contributed by atoms with Crippen molar-refractivity contribution < 1.29 is 39.3 Å². The molecule has 0 N–H and O–H groups in total. The molecule has 2 aromatic carbocycles. The summed E-state index contributed by atoms with van der Waals surface area (Å²) in [6.45, 7) is 4.43. The zero-order valence-electron chi connectivity index (χ0n) is 24.6. The summed E-state index contributed by atoms with van der Waals surface area (Å²) in [6, 6.07) is 18.9. The fourth-order valence-corrected chi connectivity index (χ4v) is 4.82. The molecule has 39 heavy (non-hydrogen) atoms. The molecule has 2 aromatic rings. The fourth-order valence-electron chi connectivity index (χ4n) is 4.82. The van der Waals surface area contributed by atoms with Crippen molar-refractivity contribution in [3.05, 3.63) is 71.8 Å². The third-order valence-corrected chi connectivity index (χ3v) is 7.17. The van der Waals surface area contributed by atoms with Crippen molar-refractivity contribution in [2.45, 2.75) is 128 Å². The molecule has 0 aliphatic rings. The summed E-state index contributed by atoms with van der Waals surface area (Å²) in [7, 11) is 0. The fraction of sp³-hybridized carbons (Fsp3) is 0.588. The molecule has 4 nitrogen and oxygen atoms in total. The molecule has 0 heterocycles. The molecule has 0 saturated heterocycles. The zero-order valence-corrected chi connectivity index (χ0v) is 27.5. The van der Waals surface area contributed by atoms with Crippen molar-refractivity contribution >= 4 is 11.9 Å². The minimum atomic E-state index is -0.947. The molecule has 2 unspecified atom stereocenters. The number of carboxylic acid groups (broad SMARTS) is 2. The van der Waals surface area contributed by atoms with Crippen LogP contribution in [-0.2, 0) is 29.1 Å². The molecule has 212 valence electrons.